The maximum atomic E-state index is 12.2. The minimum atomic E-state index is -0.511. The number of amides is 3. The summed E-state index contributed by atoms with van der Waals surface area (Å²) in [5.74, 6) is -0.159. The van der Waals surface area contributed by atoms with Crippen molar-refractivity contribution < 1.29 is 14.3 Å². The lowest BCUT2D eigenvalue weighted by Crippen LogP contribution is -2.40. The maximum absolute atomic E-state index is 12.2. The molecule has 0 aliphatic carbocycles. The molecule has 1 aromatic rings. The highest BCUT2D eigenvalue weighted by Gasteiger charge is 2.44. The number of ether oxygens (including phenoxy) is 1. The van der Waals surface area contributed by atoms with Crippen LogP contribution in [0.2, 0.25) is 0 Å². The van der Waals surface area contributed by atoms with Crippen LogP contribution in [0.1, 0.15) is 17.3 Å². The van der Waals surface area contributed by atoms with Gasteiger partial charge in [0.15, 0.2) is 0 Å². The monoisotopic (exact) mass is 252 g/mol. The Bertz CT molecular complexity index is 440. The van der Waals surface area contributed by atoms with Crippen LogP contribution in [0.15, 0.2) is 17.5 Å². The zero-order chi connectivity index (χ0) is 11.8. The van der Waals surface area contributed by atoms with E-state index in [9.17, 15) is 9.59 Å². The lowest BCUT2D eigenvalue weighted by atomic mass is 10.2. The second kappa shape index (κ2) is 4.12. The Morgan fingerprint density at radius 2 is 2.35 bits per heavy atom. The summed E-state index contributed by atoms with van der Waals surface area (Å²) in [6.07, 6.45) is 0.732. The van der Waals surface area contributed by atoms with Gasteiger partial charge >= 0.3 is 6.03 Å². The van der Waals surface area contributed by atoms with E-state index >= 15 is 0 Å². The fourth-order valence-corrected chi connectivity index (χ4v) is 2.98. The van der Waals surface area contributed by atoms with Crippen LogP contribution in [0.5, 0.6) is 0 Å². The minimum Gasteiger partial charge on any atom is -0.379 e. The van der Waals surface area contributed by atoms with E-state index in [0.29, 0.717) is 13.2 Å². The van der Waals surface area contributed by atoms with Crippen molar-refractivity contribution in [2.24, 2.45) is 0 Å². The van der Waals surface area contributed by atoms with Gasteiger partial charge in [0.1, 0.15) is 6.04 Å². The van der Waals surface area contributed by atoms with E-state index in [2.05, 4.69) is 5.32 Å². The van der Waals surface area contributed by atoms with Gasteiger partial charge in [-0.1, -0.05) is 6.07 Å². The van der Waals surface area contributed by atoms with Crippen LogP contribution in [0, 0.1) is 0 Å². The molecule has 0 saturated carbocycles. The molecule has 3 amide bonds. The molecule has 2 aliphatic heterocycles. The number of nitrogens with zero attached hydrogens (tertiary/aromatic N) is 1. The molecule has 0 radical (unpaired) electrons. The van der Waals surface area contributed by atoms with E-state index in [-0.39, 0.29) is 18.0 Å². The van der Waals surface area contributed by atoms with Crippen molar-refractivity contribution in [3.8, 4) is 0 Å². The highest BCUT2D eigenvalue weighted by Crippen LogP contribution is 2.28. The van der Waals surface area contributed by atoms with Gasteiger partial charge in [0.05, 0.1) is 12.6 Å². The molecule has 2 fully saturated rings. The van der Waals surface area contributed by atoms with Gasteiger partial charge in [0, 0.05) is 11.5 Å². The van der Waals surface area contributed by atoms with Crippen LogP contribution in [0.3, 0.4) is 0 Å². The Morgan fingerprint density at radius 3 is 3.00 bits per heavy atom. The van der Waals surface area contributed by atoms with Crippen molar-refractivity contribution in [3.05, 3.63) is 22.4 Å². The highest BCUT2D eigenvalue weighted by atomic mass is 32.1. The van der Waals surface area contributed by atoms with Crippen LogP contribution in [-0.2, 0) is 9.53 Å². The summed E-state index contributed by atoms with van der Waals surface area (Å²) in [6, 6.07) is 2.82. The van der Waals surface area contributed by atoms with Crippen molar-refractivity contribution in [1.82, 2.24) is 10.2 Å². The lowest BCUT2D eigenvalue weighted by Gasteiger charge is -2.18. The van der Waals surface area contributed by atoms with Gasteiger partial charge in [-0.15, -0.1) is 11.3 Å². The fourth-order valence-electron chi connectivity index (χ4n) is 2.21. The molecule has 1 N–H and O–H groups in total. The molecule has 2 saturated heterocycles. The van der Waals surface area contributed by atoms with Crippen molar-refractivity contribution in [1.29, 1.82) is 0 Å². The Kier molecular flexibility index (Phi) is 2.60. The second-order valence-corrected chi connectivity index (χ2v) is 5.10. The van der Waals surface area contributed by atoms with Gasteiger partial charge in [-0.25, -0.2) is 4.79 Å². The molecule has 2 atom stereocenters. The van der Waals surface area contributed by atoms with Gasteiger partial charge in [-0.05, 0) is 17.9 Å². The molecular formula is C11H12N2O3S. The topological polar surface area (TPSA) is 58.6 Å². The molecule has 2 aliphatic rings. The quantitative estimate of drug-likeness (QED) is 0.803. The van der Waals surface area contributed by atoms with E-state index in [1.54, 1.807) is 0 Å². The maximum Gasteiger partial charge on any atom is 0.325 e. The zero-order valence-electron chi connectivity index (χ0n) is 9.09. The number of thiophene rings is 1. The summed E-state index contributed by atoms with van der Waals surface area (Å²) >= 11 is 1.48. The van der Waals surface area contributed by atoms with Gasteiger partial charge in [-0.3, -0.25) is 9.69 Å². The van der Waals surface area contributed by atoms with Gasteiger partial charge < -0.3 is 10.1 Å². The number of urea groups is 1. The van der Waals surface area contributed by atoms with Crippen molar-refractivity contribution in [3.63, 3.8) is 0 Å². The number of nitrogens with one attached hydrogen (secondary N) is 1. The summed E-state index contributed by atoms with van der Waals surface area (Å²) in [5, 5.41) is 4.62. The minimum absolute atomic E-state index is 0.104. The fraction of sp³-hybridized carbons (Fsp3) is 0.455. The summed E-state index contributed by atoms with van der Waals surface area (Å²) in [5.41, 5.74) is 0. The normalized spacial score (nSPS) is 28.8. The Balaban J connectivity index is 1.83. The first kappa shape index (κ1) is 10.7. The van der Waals surface area contributed by atoms with Gasteiger partial charge in [-0.2, -0.15) is 0 Å². The molecule has 6 heteroatoms. The van der Waals surface area contributed by atoms with E-state index in [0.717, 1.165) is 11.3 Å². The second-order valence-electron chi connectivity index (χ2n) is 4.12. The van der Waals surface area contributed by atoms with Crippen LogP contribution in [0.25, 0.3) is 0 Å². The van der Waals surface area contributed by atoms with Crippen molar-refractivity contribution in [2.75, 3.05) is 13.2 Å². The third-order valence-electron chi connectivity index (χ3n) is 3.07. The summed E-state index contributed by atoms with van der Waals surface area (Å²) < 4.78 is 5.22. The lowest BCUT2D eigenvalue weighted by molar-refractivity contribution is -0.129. The average Bonchev–Trinajstić information content (AvgIpc) is 2.99. The molecule has 0 spiro atoms. The number of imide groups is 1. The van der Waals surface area contributed by atoms with E-state index in [1.807, 2.05) is 17.5 Å². The first-order valence-corrected chi connectivity index (χ1v) is 6.40. The standard InChI is InChI=1S/C11H12N2O3S/c14-10-9(8-2-1-5-17-8)12-11(15)13(10)7-3-4-16-6-7/h1-2,5,7,9H,3-4,6H2,(H,12,15). The molecule has 3 heterocycles. The third-order valence-corrected chi connectivity index (χ3v) is 4.01. The first-order chi connectivity index (χ1) is 8.27. The van der Waals surface area contributed by atoms with Gasteiger partial charge in [0.2, 0.25) is 0 Å². The first-order valence-electron chi connectivity index (χ1n) is 5.52. The molecule has 3 rings (SSSR count). The summed E-state index contributed by atoms with van der Waals surface area (Å²) in [6.45, 7) is 1.07. The van der Waals surface area contributed by atoms with Crippen LogP contribution in [0.4, 0.5) is 4.79 Å². The Hall–Kier alpha value is -1.40. The average molecular weight is 252 g/mol. The number of hydrogen-bond acceptors (Lipinski definition) is 4. The predicted molar refractivity (Wildman–Crippen MR) is 61.7 cm³/mol. The number of carbonyl (C=O) groups is 2. The number of rotatable bonds is 2. The molecular weight excluding hydrogens is 240 g/mol. The molecule has 17 heavy (non-hydrogen) atoms. The highest BCUT2D eigenvalue weighted by molar-refractivity contribution is 7.10. The largest absolute Gasteiger partial charge is 0.379 e. The Labute approximate surface area is 102 Å². The smallest absolute Gasteiger partial charge is 0.325 e. The molecule has 5 nitrogen and oxygen atoms in total. The molecule has 1 aromatic heterocycles. The SMILES string of the molecule is O=C1NC(c2cccs2)C(=O)N1C1CCOC1. The summed E-state index contributed by atoms with van der Waals surface area (Å²) in [7, 11) is 0. The van der Waals surface area contributed by atoms with Crippen molar-refractivity contribution in [2.45, 2.75) is 18.5 Å². The van der Waals surface area contributed by atoms with E-state index in [1.165, 1.54) is 16.2 Å². The predicted octanol–water partition coefficient (Wildman–Crippen LogP) is 1.13. The van der Waals surface area contributed by atoms with Gasteiger partial charge in [0.25, 0.3) is 5.91 Å². The molecule has 2 unspecified atom stereocenters. The molecule has 0 aromatic carbocycles. The molecule has 0 bridgehead atoms. The summed E-state index contributed by atoms with van der Waals surface area (Å²) in [4.78, 5) is 26.2. The van der Waals surface area contributed by atoms with Crippen LogP contribution in [-0.4, -0.2) is 36.1 Å². The molecule has 90 valence electrons. The van der Waals surface area contributed by atoms with E-state index in [4.69, 9.17) is 4.74 Å². The number of hydrogen-bond donors (Lipinski definition) is 1. The van der Waals surface area contributed by atoms with Crippen LogP contribution < -0.4 is 5.32 Å². The number of carbonyl (C=O) groups excluding carboxylic acids is 2. The van der Waals surface area contributed by atoms with Crippen molar-refractivity contribution >= 4 is 23.3 Å². The third kappa shape index (κ3) is 1.73. The van der Waals surface area contributed by atoms with Crippen LogP contribution >= 0.6 is 11.3 Å². The Morgan fingerprint density at radius 1 is 1.47 bits per heavy atom. The zero-order valence-corrected chi connectivity index (χ0v) is 9.90. The van der Waals surface area contributed by atoms with E-state index < -0.39 is 6.04 Å².